The SMILES string of the molecule is Cc1ccc2ncnc(N[C@@H](C)CO)c2c1. The second kappa shape index (κ2) is 4.45. The molecule has 1 heterocycles. The van der Waals surface area contributed by atoms with Crippen LogP contribution >= 0.6 is 0 Å². The largest absolute Gasteiger partial charge is 0.394 e. The van der Waals surface area contributed by atoms with Gasteiger partial charge >= 0.3 is 0 Å². The highest BCUT2D eigenvalue weighted by molar-refractivity contribution is 5.89. The van der Waals surface area contributed by atoms with Gasteiger partial charge in [0, 0.05) is 11.4 Å². The molecule has 0 saturated heterocycles. The molecule has 0 aliphatic carbocycles. The van der Waals surface area contributed by atoms with Crippen LogP contribution in [0, 0.1) is 6.92 Å². The summed E-state index contributed by atoms with van der Waals surface area (Å²) in [5.74, 6) is 0.773. The highest BCUT2D eigenvalue weighted by atomic mass is 16.3. The van der Waals surface area contributed by atoms with Gasteiger partial charge in [0.1, 0.15) is 12.1 Å². The van der Waals surface area contributed by atoms with Crippen LogP contribution in [0.5, 0.6) is 0 Å². The monoisotopic (exact) mass is 217 g/mol. The molecular formula is C12H15N3O. The van der Waals surface area contributed by atoms with Crippen molar-refractivity contribution < 1.29 is 5.11 Å². The van der Waals surface area contributed by atoms with E-state index < -0.39 is 0 Å². The molecule has 4 heteroatoms. The van der Waals surface area contributed by atoms with E-state index in [1.165, 1.54) is 11.9 Å². The Morgan fingerprint density at radius 3 is 2.94 bits per heavy atom. The summed E-state index contributed by atoms with van der Waals surface area (Å²) in [5.41, 5.74) is 2.08. The van der Waals surface area contributed by atoms with Crippen LogP contribution in [0.3, 0.4) is 0 Å². The predicted molar refractivity (Wildman–Crippen MR) is 64.4 cm³/mol. The molecule has 2 aromatic rings. The molecule has 4 nitrogen and oxygen atoms in total. The zero-order valence-electron chi connectivity index (χ0n) is 9.44. The normalized spacial score (nSPS) is 12.7. The van der Waals surface area contributed by atoms with Crippen LogP contribution in [0.15, 0.2) is 24.5 Å². The van der Waals surface area contributed by atoms with E-state index >= 15 is 0 Å². The topological polar surface area (TPSA) is 58.0 Å². The fourth-order valence-electron chi connectivity index (χ4n) is 1.56. The molecule has 0 radical (unpaired) electrons. The fourth-order valence-corrected chi connectivity index (χ4v) is 1.56. The van der Waals surface area contributed by atoms with Gasteiger partial charge in [-0.2, -0.15) is 0 Å². The van der Waals surface area contributed by atoms with E-state index in [1.54, 1.807) is 0 Å². The molecule has 1 aromatic heterocycles. The van der Waals surface area contributed by atoms with E-state index in [-0.39, 0.29) is 12.6 Å². The minimum atomic E-state index is -0.0152. The van der Waals surface area contributed by atoms with Gasteiger partial charge in [-0.25, -0.2) is 9.97 Å². The lowest BCUT2D eigenvalue weighted by molar-refractivity contribution is 0.281. The summed E-state index contributed by atoms with van der Waals surface area (Å²) < 4.78 is 0. The first kappa shape index (κ1) is 10.8. The van der Waals surface area contributed by atoms with Crippen molar-refractivity contribution in [1.82, 2.24) is 9.97 Å². The minimum Gasteiger partial charge on any atom is -0.394 e. The van der Waals surface area contributed by atoms with Crippen LogP contribution in [0.4, 0.5) is 5.82 Å². The Kier molecular flexibility index (Phi) is 3.01. The van der Waals surface area contributed by atoms with Crippen LogP contribution < -0.4 is 5.32 Å². The lowest BCUT2D eigenvalue weighted by atomic mass is 10.1. The van der Waals surface area contributed by atoms with Crippen molar-refractivity contribution in [2.75, 3.05) is 11.9 Å². The van der Waals surface area contributed by atoms with Crippen molar-refractivity contribution in [3.8, 4) is 0 Å². The third-order valence-corrected chi connectivity index (χ3v) is 2.45. The first-order valence-corrected chi connectivity index (χ1v) is 5.29. The number of benzene rings is 1. The van der Waals surface area contributed by atoms with Crippen molar-refractivity contribution in [3.63, 3.8) is 0 Å². The average Bonchev–Trinajstić information content (AvgIpc) is 2.29. The van der Waals surface area contributed by atoms with Gasteiger partial charge in [0.2, 0.25) is 0 Å². The Morgan fingerprint density at radius 2 is 2.19 bits per heavy atom. The number of nitrogens with one attached hydrogen (secondary N) is 1. The maximum atomic E-state index is 9.02. The first-order valence-electron chi connectivity index (χ1n) is 5.29. The summed E-state index contributed by atoms with van der Waals surface area (Å²) in [6, 6.07) is 6.02. The average molecular weight is 217 g/mol. The van der Waals surface area contributed by atoms with Crippen molar-refractivity contribution >= 4 is 16.7 Å². The van der Waals surface area contributed by atoms with Crippen molar-refractivity contribution in [3.05, 3.63) is 30.1 Å². The Balaban J connectivity index is 2.47. The Morgan fingerprint density at radius 1 is 1.38 bits per heavy atom. The fraction of sp³-hybridized carbons (Fsp3) is 0.333. The van der Waals surface area contributed by atoms with Crippen LogP contribution in [0.25, 0.3) is 10.9 Å². The van der Waals surface area contributed by atoms with Gasteiger partial charge in [0.05, 0.1) is 12.1 Å². The molecular weight excluding hydrogens is 202 g/mol. The summed E-state index contributed by atoms with van der Waals surface area (Å²) in [6.45, 7) is 4.02. The molecule has 2 N–H and O–H groups in total. The lowest BCUT2D eigenvalue weighted by Gasteiger charge is -2.13. The van der Waals surface area contributed by atoms with Gasteiger partial charge in [-0.15, -0.1) is 0 Å². The van der Waals surface area contributed by atoms with E-state index in [0.717, 1.165) is 16.7 Å². The Hall–Kier alpha value is -1.68. The Bertz CT molecular complexity index is 499. The molecule has 0 saturated carbocycles. The first-order chi connectivity index (χ1) is 7.70. The van der Waals surface area contributed by atoms with E-state index in [0.29, 0.717) is 0 Å². The number of nitrogens with zero attached hydrogens (tertiary/aromatic N) is 2. The summed E-state index contributed by atoms with van der Waals surface area (Å²) in [6.07, 6.45) is 1.53. The molecule has 0 bridgehead atoms. The second-order valence-electron chi connectivity index (χ2n) is 3.97. The number of fused-ring (bicyclic) bond motifs is 1. The van der Waals surface area contributed by atoms with Gasteiger partial charge in [0.15, 0.2) is 0 Å². The number of rotatable bonds is 3. The van der Waals surface area contributed by atoms with Gasteiger partial charge in [0.25, 0.3) is 0 Å². The molecule has 1 atom stereocenters. The highest BCUT2D eigenvalue weighted by Crippen LogP contribution is 2.20. The number of aromatic nitrogens is 2. The molecule has 16 heavy (non-hydrogen) atoms. The summed E-state index contributed by atoms with van der Waals surface area (Å²) >= 11 is 0. The smallest absolute Gasteiger partial charge is 0.137 e. The van der Waals surface area contributed by atoms with Gasteiger partial charge in [-0.3, -0.25) is 0 Å². The number of anilines is 1. The molecule has 84 valence electrons. The second-order valence-corrected chi connectivity index (χ2v) is 3.97. The maximum Gasteiger partial charge on any atom is 0.137 e. The van der Waals surface area contributed by atoms with E-state index in [2.05, 4.69) is 15.3 Å². The van der Waals surface area contributed by atoms with Crippen molar-refractivity contribution in [2.24, 2.45) is 0 Å². The minimum absolute atomic E-state index is 0.0152. The molecule has 0 spiro atoms. The van der Waals surface area contributed by atoms with Crippen molar-refractivity contribution in [1.29, 1.82) is 0 Å². The molecule has 0 aliphatic rings. The molecule has 1 aromatic carbocycles. The number of aliphatic hydroxyl groups is 1. The van der Waals surface area contributed by atoms with E-state index in [4.69, 9.17) is 5.11 Å². The highest BCUT2D eigenvalue weighted by Gasteiger charge is 2.06. The van der Waals surface area contributed by atoms with Gasteiger partial charge < -0.3 is 10.4 Å². The molecule has 2 rings (SSSR count). The summed E-state index contributed by atoms with van der Waals surface area (Å²) in [5, 5.41) is 13.2. The molecule has 0 amide bonds. The predicted octanol–water partition coefficient (Wildman–Crippen LogP) is 1.73. The lowest BCUT2D eigenvalue weighted by Crippen LogP contribution is -2.20. The number of hydrogen-bond acceptors (Lipinski definition) is 4. The number of aryl methyl sites for hydroxylation is 1. The summed E-state index contributed by atoms with van der Waals surface area (Å²) in [7, 11) is 0. The molecule has 0 fully saturated rings. The summed E-state index contributed by atoms with van der Waals surface area (Å²) in [4.78, 5) is 8.41. The maximum absolute atomic E-state index is 9.02. The van der Waals surface area contributed by atoms with Crippen LogP contribution in [0.1, 0.15) is 12.5 Å². The third-order valence-electron chi connectivity index (χ3n) is 2.45. The van der Waals surface area contributed by atoms with Crippen LogP contribution in [-0.2, 0) is 0 Å². The van der Waals surface area contributed by atoms with E-state index in [9.17, 15) is 0 Å². The third kappa shape index (κ3) is 2.12. The van der Waals surface area contributed by atoms with E-state index in [1.807, 2.05) is 32.0 Å². The van der Waals surface area contributed by atoms with Gasteiger partial charge in [-0.05, 0) is 26.0 Å². The van der Waals surface area contributed by atoms with Crippen LogP contribution in [0.2, 0.25) is 0 Å². The number of aliphatic hydroxyl groups excluding tert-OH is 1. The van der Waals surface area contributed by atoms with Gasteiger partial charge in [-0.1, -0.05) is 11.6 Å². The quantitative estimate of drug-likeness (QED) is 0.822. The standard InChI is InChI=1S/C12H15N3O/c1-8-3-4-11-10(5-8)12(14-7-13-11)15-9(2)6-16/h3-5,7,9,16H,6H2,1-2H3,(H,13,14,15)/t9-/m0/s1. The zero-order valence-corrected chi connectivity index (χ0v) is 9.44. The zero-order chi connectivity index (χ0) is 11.5. The molecule has 0 unspecified atom stereocenters. The Labute approximate surface area is 94.4 Å². The molecule has 0 aliphatic heterocycles. The van der Waals surface area contributed by atoms with Crippen molar-refractivity contribution in [2.45, 2.75) is 19.9 Å². The number of hydrogen-bond donors (Lipinski definition) is 2. The van der Waals surface area contributed by atoms with Crippen LogP contribution in [-0.4, -0.2) is 27.7 Å².